The Morgan fingerprint density at radius 2 is 2.04 bits per heavy atom. The van der Waals surface area contributed by atoms with Gasteiger partial charge in [-0.25, -0.2) is 4.79 Å². The Morgan fingerprint density at radius 3 is 2.67 bits per heavy atom. The van der Waals surface area contributed by atoms with Crippen molar-refractivity contribution in [3.63, 3.8) is 0 Å². The molecule has 1 aromatic carbocycles. The highest BCUT2D eigenvalue weighted by Crippen LogP contribution is 2.27. The first-order chi connectivity index (χ1) is 11.5. The number of aromatic nitrogens is 2. The van der Waals surface area contributed by atoms with Crippen LogP contribution < -0.4 is 15.4 Å². The van der Waals surface area contributed by atoms with Crippen LogP contribution in [0.25, 0.3) is 10.8 Å². The van der Waals surface area contributed by atoms with Crippen molar-refractivity contribution in [2.45, 2.75) is 13.0 Å². The maximum atomic E-state index is 11.1. The molecular weight excluding hydrogens is 328 g/mol. The van der Waals surface area contributed by atoms with Gasteiger partial charge in [0.05, 0.1) is 4.88 Å². The molecule has 2 heterocycles. The number of primary amides is 1. The lowest BCUT2D eigenvalue weighted by molar-refractivity contribution is 0.189. The molecule has 24 heavy (non-hydrogen) atoms. The van der Waals surface area contributed by atoms with Gasteiger partial charge in [-0.1, -0.05) is 6.07 Å². The van der Waals surface area contributed by atoms with Crippen LogP contribution in [0.2, 0.25) is 0 Å². The number of hydrogen-bond donors (Lipinski definition) is 1. The number of anilines is 1. The smallest absolute Gasteiger partial charge is 0.318 e. The quantitative estimate of drug-likeness (QED) is 0.765. The second-order valence-electron chi connectivity index (χ2n) is 5.07. The van der Waals surface area contributed by atoms with E-state index in [1.165, 1.54) is 16.2 Å². The Hall–Kier alpha value is -2.87. The number of nitrogens with two attached hydrogens (primary N) is 1. The third-order valence-electron chi connectivity index (χ3n) is 3.39. The average molecular weight is 344 g/mol. The summed E-state index contributed by atoms with van der Waals surface area (Å²) in [5, 5.41) is 10.0. The van der Waals surface area contributed by atoms with E-state index in [1.807, 2.05) is 24.4 Å². The zero-order valence-electron chi connectivity index (χ0n) is 13.2. The first-order valence-electron chi connectivity index (χ1n) is 7.22. The summed E-state index contributed by atoms with van der Waals surface area (Å²) in [6.45, 7) is 1.83. The summed E-state index contributed by atoms with van der Waals surface area (Å²) in [5.41, 5.74) is 5.92. The molecule has 1 atom stereocenters. The summed E-state index contributed by atoms with van der Waals surface area (Å²) in [7, 11) is 1.60. The zero-order valence-corrected chi connectivity index (χ0v) is 14.0. The van der Waals surface area contributed by atoms with Crippen LogP contribution in [0.4, 0.5) is 10.5 Å². The van der Waals surface area contributed by atoms with Crippen LogP contribution in [0.15, 0.2) is 46.2 Å². The van der Waals surface area contributed by atoms with Crippen LogP contribution in [0, 0.1) is 0 Å². The minimum atomic E-state index is -0.524. The van der Waals surface area contributed by atoms with Gasteiger partial charge in [0.25, 0.3) is 11.8 Å². The van der Waals surface area contributed by atoms with Gasteiger partial charge in [-0.2, -0.15) is 0 Å². The van der Waals surface area contributed by atoms with E-state index in [0.717, 1.165) is 4.88 Å². The average Bonchev–Trinajstić information content (AvgIpc) is 3.26. The van der Waals surface area contributed by atoms with Gasteiger partial charge in [0.1, 0.15) is 5.75 Å². The maximum absolute atomic E-state index is 11.1. The summed E-state index contributed by atoms with van der Waals surface area (Å²) in [6.07, 6.45) is -0.397. The largest absolute Gasteiger partial charge is 0.481 e. The molecule has 7 nitrogen and oxygen atoms in total. The number of benzene rings is 1. The standard InChI is InChI=1S/C16H16N4O3S/c1-10(14-18-19-15(23-14)13-4-3-9-24-13)22-12-7-5-11(6-8-12)20(2)16(17)21/h3-10H,1-2H3,(H2,17,21). The first-order valence-corrected chi connectivity index (χ1v) is 8.09. The highest BCUT2D eigenvalue weighted by molar-refractivity contribution is 7.13. The lowest BCUT2D eigenvalue weighted by Gasteiger charge is -2.15. The Labute approximate surface area is 142 Å². The number of amides is 2. The third kappa shape index (κ3) is 3.38. The van der Waals surface area contributed by atoms with Crippen molar-refractivity contribution in [3.05, 3.63) is 47.7 Å². The predicted molar refractivity (Wildman–Crippen MR) is 91.1 cm³/mol. The lowest BCUT2D eigenvalue weighted by Crippen LogP contribution is -2.31. The normalized spacial score (nSPS) is 11.9. The molecule has 124 valence electrons. The molecule has 0 saturated carbocycles. The molecule has 3 rings (SSSR count). The molecule has 0 spiro atoms. The number of nitrogens with zero attached hydrogens (tertiary/aromatic N) is 3. The van der Waals surface area contributed by atoms with E-state index in [9.17, 15) is 4.79 Å². The van der Waals surface area contributed by atoms with Crippen LogP contribution in [0.1, 0.15) is 18.9 Å². The number of carbonyl (C=O) groups is 1. The van der Waals surface area contributed by atoms with E-state index >= 15 is 0 Å². The van der Waals surface area contributed by atoms with Crippen LogP contribution in [-0.2, 0) is 0 Å². The Morgan fingerprint density at radius 1 is 1.29 bits per heavy atom. The number of thiophene rings is 1. The van der Waals surface area contributed by atoms with Crippen LogP contribution in [0.5, 0.6) is 5.75 Å². The summed E-state index contributed by atoms with van der Waals surface area (Å²) < 4.78 is 11.4. The van der Waals surface area contributed by atoms with Crippen LogP contribution >= 0.6 is 11.3 Å². The zero-order chi connectivity index (χ0) is 17.1. The minimum Gasteiger partial charge on any atom is -0.481 e. The number of ether oxygens (including phenoxy) is 1. The second-order valence-corrected chi connectivity index (χ2v) is 6.02. The fourth-order valence-corrected chi connectivity index (χ4v) is 2.67. The molecule has 0 radical (unpaired) electrons. The number of hydrogen-bond acceptors (Lipinski definition) is 6. The lowest BCUT2D eigenvalue weighted by atomic mass is 10.3. The molecule has 0 aliphatic heterocycles. The van der Waals surface area contributed by atoms with Crippen molar-refractivity contribution in [3.8, 4) is 16.5 Å². The second kappa shape index (κ2) is 6.71. The van der Waals surface area contributed by atoms with Gasteiger partial charge in [-0.15, -0.1) is 21.5 Å². The minimum absolute atomic E-state index is 0.397. The molecule has 2 N–H and O–H groups in total. The molecule has 0 aliphatic rings. The van der Waals surface area contributed by atoms with E-state index in [-0.39, 0.29) is 0 Å². The van der Waals surface area contributed by atoms with Crippen LogP contribution in [0.3, 0.4) is 0 Å². The van der Waals surface area contributed by atoms with E-state index in [2.05, 4.69) is 10.2 Å². The van der Waals surface area contributed by atoms with Gasteiger partial charge < -0.3 is 14.9 Å². The molecule has 8 heteroatoms. The SMILES string of the molecule is CC(Oc1ccc(N(C)C(N)=O)cc1)c1nnc(-c2cccs2)o1. The van der Waals surface area contributed by atoms with Gasteiger partial charge >= 0.3 is 6.03 Å². The Kier molecular flexibility index (Phi) is 4.48. The number of rotatable bonds is 5. The van der Waals surface area contributed by atoms with E-state index < -0.39 is 12.1 Å². The highest BCUT2D eigenvalue weighted by Gasteiger charge is 2.17. The van der Waals surface area contributed by atoms with E-state index in [0.29, 0.717) is 23.2 Å². The monoisotopic (exact) mass is 344 g/mol. The summed E-state index contributed by atoms with van der Waals surface area (Å²) in [6, 6.07) is 10.3. The van der Waals surface area contributed by atoms with Crippen molar-refractivity contribution in [1.29, 1.82) is 0 Å². The summed E-state index contributed by atoms with van der Waals surface area (Å²) in [4.78, 5) is 13.4. The van der Waals surface area contributed by atoms with Gasteiger partial charge in [0, 0.05) is 12.7 Å². The van der Waals surface area contributed by atoms with Gasteiger partial charge in [0.15, 0.2) is 6.10 Å². The van der Waals surface area contributed by atoms with Crippen molar-refractivity contribution in [1.82, 2.24) is 10.2 Å². The highest BCUT2D eigenvalue weighted by atomic mass is 32.1. The van der Waals surface area contributed by atoms with Gasteiger partial charge in [-0.3, -0.25) is 4.90 Å². The molecule has 0 fully saturated rings. The Balaban J connectivity index is 1.68. The predicted octanol–water partition coefficient (Wildman–Crippen LogP) is 3.45. The fraction of sp³-hybridized carbons (Fsp3) is 0.188. The molecule has 1 unspecified atom stereocenters. The van der Waals surface area contributed by atoms with E-state index in [4.69, 9.17) is 14.9 Å². The molecule has 2 amide bonds. The van der Waals surface area contributed by atoms with Crippen molar-refractivity contribution in [2.24, 2.45) is 5.73 Å². The molecule has 3 aromatic rings. The molecule has 0 aliphatic carbocycles. The fourth-order valence-electron chi connectivity index (χ4n) is 2.03. The Bertz CT molecular complexity index is 814. The molecule has 0 saturated heterocycles. The third-order valence-corrected chi connectivity index (χ3v) is 4.25. The van der Waals surface area contributed by atoms with Crippen LogP contribution in [-0.4, -0.2) is 23.3 Å². The topological polar surface area (TPSA) is 94.5 Å². The number of urea groups is 1. The molecule has 0 bridgehead atoms. The first kappa shape index (κ1) is 16.0. The van der Waals surface area contributed by atoms with Gasteiger partial charge in [-0.05, 0) is 42.6 Å². The van der Waals surface area contributed by atoms with Crippen molar-refractivity contribution in [2.75, 3.05) is 11.9 Å². The van der Waals surface area contributed by atoms with Gasteiger partial charge in [0.2, 0.25) is 0 Å². The maximum Gasteiger partial charge on any atom is 0.318 e. The van der Waals surface area contributed by atoms with Crippen molar-refractivity contribution >= 4 is 23.1 Å². The summed E-state index contributed by atoms with van der Waals surface area (Å²) in [5.74, 6) is 1.51. The summed E-state index contributed by atoms with van der Waals surface area (Å²) >= 11 is 1.53. The van der Waals surface area contributed by atoms with Crippen molar-refractivity contribution < 1.29 is 13.9 Å². The molecular formula is C16H16N4O3S. The molecule has 2 aromatic heterocycles. The van der Waals surface area contributed by atoms with E-state index in [1.54, 1.807) is 31.3 Å². The number of carbonyl (C=O) groups excluding carboxylic acids is 1.